The number of hydrogen-bond donors (Lipinski definition) is 1. The number of aliphatic hydroxyl groups excluding tert-OH is 1. The lowest BCUT2D eigenvalue weighted by molar-refractivity contribution is 0.189. The number of nitrogens with zero attached hydrogens (tertiary/aromatic N) is 2. The van der Waals surface area contributed by atoms with Gasteiger partial charge in [0.1, 0.15) is 10.4 Å². The van der Waals surface area contributed by atoms with Crippen LogP contribution in [0.5, 0.6) is 0 Å². The quantitative estimate of drug-likeness (QED) is 0.777. The van der Waals surface area contributed by atoms with Crippen molar-refractivity contribution in [3.8, 4) is 0 Å². The molecule has 0 radical (unpaired) electrons. The molecular weight excluding hydrogens is 208 g/mol. The van der Waals surface area contributed by atoms with E-state index in [9.17, 15) is 5.11 Å². The summed E-state index contributed by atoms with van der Waals surface area (Å²) in [6, 6.07) is 0. The predicted octanol–water partition coefficient (Wildman–Crippen LogP) is 1.54. The standard InChI is InChI=1S/C7H11BrN2O/c1-4(11)6-7(8)9-5(2)10(6)3/h4,11H,1-3H3/t4-/m0/s1. The minimum atomic E-state index is -0.476. The molecule has 1 aromatic rings. The highest BCUT2D eigenvalue weighted by Crippen LogP contribution is 2.22. The van der Waals surface area contributed by atoms with E-state index in [0.717, 1.165) is 16.1 Å². The van der Waals surface area contributed by atoms with Crippen LogP contribution in [0.25, 0.3) is 0 Å². The second-order valence-corrected chi connectivity index (χ2v) is 3.32. The SMILES string of the molecule is Cc1nc(Br)c([C@H](C)O)n1C. The molecule has 0 aromatic carbocycles. The van der Waals surface area contributed by atoms with Gasteiger partial charge in [-0.15, -0.1) is 0 Å². The van der Waals surface area contributed by atoms with Crippen LogP contribution in [0.3, 0.4) is 0 Å². The fourth-order valence-corrected chi connectivity index (χ4v) is 1.89. The Kier molecular flexibility index (Phi) is 2.34. The second kappa shape index (κ2) is 2.95. The Morgan fingerprint density at radius 3 is 2.36 bits per heavy atom. The summed E-state index contributed by atoms with van der Waals surface area (Å²) >= 11 is 3.28. The minimum Gasteiger partial charge on any atom is -0.387 e. The first-order valence-electron chi connectivity index (χ1n) is 3.40. The molecule has 62 valence electrons. The number of aromatic nitrogens is 2. The first kappa shape index (κ1) is 8.74. The van der Waals surface area contributed by atoms with E-state index in [1.54, 1.807) is 6.92 Å². The van der Waals surface area contributed by atoms with Gasteiger partial charge in [0.05, 0.1) is 11.8 Å². The predicted molar refractivity (Wildman–Crippen MR) is 46.3 cm³/mol. The Balaban J connectivity index is 3.22. The van der Waals surface area contributed by atoms with Crippen LogP contribution in [0.15, 0.2) is 4.60 Å². The van der Waals surface area contributed by atoms with Gasteiger partial charge in [0.25, 0.3) is 0 Å². The third-order valence-electron chi connectivity index (χ3n) is 1.71. The largest absolute Gasteiger partial charge is 0.387 e. The smallest absolute Gasteiger partial charge is 0.130 e. The molecule has 0 bridgehead atoms. The Bertz CT molecular complexity index is 268. The first-order valence-corrected chi connectivity index (χ1v) is 4.20. The van der Waals surface area contributed by atoms with Crippen LogP contribution < -0.4 is 0 Å². The molecular formula is C7H11BrN2O. The Morgan fingerprint density at radius 1 is 1.64 bits per heavy atom. The highest BCUT2D eigenvalue weighted by atomic mass is 79.9. The normalized spacial score (nSPS) is 13.5. The van der Waals surface area contributed by atoms with Crippen LogP contribution in [0.2, 0.25) is 0 Å². The van der Waals surface area contributed by atoms with Gasteiger partial charge in [-0.3, -0.25) is 0 Å². The lowest BCUT2D eigenvalue weighted by atomic mass is 10.3. The molecule has 1 aromatic heterocycles. The van der Waals surface area contributed by atoms with Gasteiger partial charge < -0.3 is 9.67 Å². The van der Waals surface area contributed by atoms with Crippen LogP contribution in [-0.4, -0.2) is 14.7 Å². The Morgan fingerprint density at radius 2 is 2.18 bits per heavy atom. The maximum atomic E-state index is 9.31. The summed E-state index contributed by atoms with van der Waals surface area (Å²) in [5.41, 5.74) is 0.822. The van der Waals surface area contributed by atoms with Crippen LogP contribution in [0.1, 0.15) is 24.5 Å². The second-order valence-electron chi connectivity index (χ2n) is 2.57. The number of imidazole rings is 1. The van der Waals surface area contributed by atoms with Crippen LogP contribution in [-0.2, 0) is 7.05 Å². The van der Waals surface area contributed by atoms with Crippen molar-refractivity contribution in [3.63, 3.8) is 0 Å². The molecule has 1 rings (SSSR count). The molecule has 4 heteroatoms. The van der Waals surface area contributed by atoms with Crippen molar-refractivity contribution in [2.24, 2.45) is 7.05 Å². The molecule has 3 nitrogen and oxygen atoms in total. The third kappa shape index (κ3) is 1.46. The summed E-state index contributed by atoms with van der Waals surface area (Å²) in [7, 11) is 1.88. The number of halogens is 1. The summed E-state index contributed by atoms with van der Waals surface area (Å²) in [6.45, 7) is 3.62. The zero-order valence-electron chi connectivity index (χ0n) is 6.80. The van der Waals surface area contributed by atoms with Gasteiger partial charge in [0.15, 0.2) is 0 Å². The molecule has 0 amide bonds. The summed E-state index contributed by atoms with van der Waals surface area (Å²) in [5.74, 6) is 0.896. The third-order valence-corrected chi connectivity index (χ3v) is 2.30. The van der Waals surface area contributed by atoms with Crippen LogP contribution in [0.4, 0.5) is 0 Å². The molecule has 0 spiro atoms. The van der Waals surface area contributed by atoms with Crippen molar-refractivity contribution in [2.45, 2.75) is 20.0 Å². The van der Waals surface area contributed by atoms with Gasteiger partial charge in [-0.05, 0) is 29.8 Å². The summed E-state index contributed by atoms with van der Waals surface area (Å²) < 4.78 is 2.60. The van der Waals surface area contributed by atoms with Gasteiger partial charge in [0.2, 0.25) is 0 Å². The van der Waals surface area contributed by atoms with Crippen molar-refractivity contribution in [1.82, 2.24) is 9.55 Å². The average molecular weight is 219 g/mol. The van der Waals surface area contributed by atoms with Crippen molar-refractivity contribution < 1.29 is 5.11 Å². The summed E-state index contributed by atoms with van der Waals surface area (Å²) in [4.78, 5) is 4.15. The van der Waals surface area contributed by atoms with Gasteiger partial charge in [0, 0.05) is 7.05 Å². The van der Waals surface area contributed by atoms with Crippen LogP contribution in [0, 0.1) is 6.92 Å². The fourth-order valence-electron chi connectivity index (χ4n) is 1.04. The molecule has 0 aliphatic heterocycles. The summed E-state index contributed by atoms with van der Waals surface area (Å²) in [6.07, 6.45) is -0.476. The number of rotatable bonds is 1. The van der Waals surface area contributed by atoms with Crippen molar-refractivity contribution >= 4 is 15.9 Å². The Hall–Kier alpha value is -0.350. The lowest BCUT2D eigenvalue weighted by Gasteiger charge is -2.05. The van der Waals surface area contributed by atoms with Gasteiger partial charge in [-0.1, -0.05) is 0 Å². The van der Waals surface area contributed by atoms with Gasteiger partial charge in [-0.2, -0.15) is 0 Å². The van der Waals surface area contributed by atoms with Crippen molar-refractivity contribution in [2.75, 3.05) is 0 Å². The molecule has 0 saturated carbocycles. The molecule has 0 aliphatic rings. The molecule has 1 atom stereocenters. The zero-order chi connectivity index (χ0) is 8.59. The van der Waals surface area contributed by atoms with E-state index < -0.39 is 6.10 Å². The highest BCUT2D eigenvalue weighted by molar-refractivity contribution is 9.10. The zero-order valence-corrected chi connectivity index (χ0v) is 8.38. The maximum absolute atomic E-state index is 9.31. The first-order chi connectivity index (χ1) is 5.04. The molecule has 0 fully saturated rings. The van der Waals surface area contributed by atoms with E-state index in [-0.39, 0.29) is 0 Å². The van der Waals surface area contributed by atoms with E-state index in [1.807, 2.05) is 18.5 Å². The molecule has 0 aliphatic carbocycles. The number of aryl methyl sites for hydroxylation is 1. The lowest BCUT2D eigenvalue weighted by Crippen LogP contribution is -2.02. The minimum absolute atomic E-state index is 0.476. The highest BCUT2D eigenvalue weighted by Gasteiger charge is 2.13. The van der Waals surface area contributed by atoms with Crippen molar-refractivity contribution in [3.05, 3.63) is 16.1 Å². The Labute approximate surface area is 74.2 Å². The van der Waals surface area contributed by atoms with Crippen LogP contribution >= 0.6 is 15.9 Å². The van der Waals surface area contributed by atoms with Gasteiger partial charge >= 0.3 is 0 Å². The van der Waals surface area contributed by atoms with Gasteiger partial charge in [-0.25, -0.2) is 4.98 Å². The maximum Gasteiger partial charge on any atom is 0.130 e. The molecule has 0 unspecified atom stereocenters. The number of hydrogen-bond acceptors (Lipinski definition) is 2. The average Bonchev–Trinajstić information content (AvgIpc) is 2.07. The monoisotopic (exact) mass is 218 g/mol. The van der Waals surface area contributed by atoms with E-state index in [2.05, 4.69) is 20.9 Å². The number of aliphatic hydroxyl groups is 1. The van der Waals surface area contributed by atoms with E-state index in [4.69, 9.17) is 0 Å². The van der Waals surface area contributed by atoms with E-state index >= 15 is 0 Å². The molecule has 11 heavy (non-hydrogen) atoms. The molecule has 1 N–H and O–H groups in total. The molecule has 0 saturated heterocycles. The van der Waals surface area contributed by atoms with Crippen molar-refractivity contribution in [1.29, 1.82) is 0 Å². The molecule has 1 heterocycles. The van der Waals surface area contributed by atoms with E-state index in [0.29, 0.717) is 0 Å². The fraction of sp³-hybridized carbons (Fsp3) is 0.571. The van der Waals surface area contributed by atoms with E-state index in [1.165, 1.54) is 0 Å². The summed E-state index contributed by atoms with van der Waals surface area (Å²) in [5, 5.41) is 9.31. The topological polar surface area (TPSA) is 38.1 Å².